The fourth-order valence-corrected chi connectivity index (χ4v) is 2.22. The Balaban J connectivity index is 2.02. The lowest BCUT2D eigenvalue weighted by Crippen LogP contribution is -2.24. The standard InChI is InChI=1S/C16H15BrFNO/c1-11-3-2-4-14(15(11)18)16(20)19-10-13-7-5-12(9-17)6-8-13/h2-8H,9-10H2,1H3,(H,19,20). The van der Waals surface area contributed by atoms with Crippen molar-refractivity contribution in [2.24, 2.45) is 0 Å². The van der Waals surface area contributed by atoms with E-state index in [2.05, 4.69) is 21.2 Å². The molecule has 0 bridgehead atoms. The predicted octanol–water partition coefficient (Wildman–Crippen LogP) is 3.96. The summed E-state index contributed by atoms with van der Waals surface area (Å²) >= 11 is 3.38. The molecule has 0 aromatic heterocycles. The minimum atomic E-state index is -0.459. The van der Waals surface area contributed by atoms with Crippen molar-refractivity contribution in [2.45, 2.75) is 18.8 Å². The van der Waals surface area contributed by atoms with Gasteiger partial charge in [0.15, 0.2) is 0 Å². The minimum absolute atomic E-state index is 0.0853. The maximum atomic E-state index is 13.8. The summed E-state index contributed by atoms with van der Waals surface area (Å²) in [6.45, 7) is 2.03. The molecule has 0 aliphatic carbocycles. The van der Waals surface area contributed by atoms with E-state index in [1.165, 1.54) is 11.6 Å². The zero-order chi connectivity index (χ0) is 14.5. The molecule has 1 N–H and O–H groups in total. The van der Waals surface area contributed by atoms with Gasteiger partial charge in [0.1, 0.15) is 5.82 Å². The smallest absolute Gasteiger partial charge is 0.254 e. The average Bonchev–Trinajstić information content (AvgIpc) is 2.48. The highest BCUT2D eigenvalue weighted by molar-refractivity contribution is 9.08. The first kappa shape index (κ1) is 14.7. The molecule has 0 aliphatic rings. The van der Waals surface area contributed by atoms with Gasteiger partial charge in [-0.3, -0.25) is 4.79 Å². The Labute approximate surface area is 126 Å². The number of halogens is 2. The van der Waals surface area contributed by atoms with Crippen LogP contribution in [0.3, 0.4) is 0 Å². The SMILES string of the molecule is Cc1cccc(C(=O)NCc2ccc(CBr)cc2)c1F. The van der Waals surface area contributed by atoms with Gasteiger partial charge in [-0.15, -0.1) is 0 Å². The van der Waals surface area contributed by atoms with E-state index >= 15 is 0 Å². The topological polar surface area (TPSA) is 29.1 Å². The molecule has 4 heteroatoms. The number of benzene rings is 2. The first-order chi connectivity index (χ1) is 9.61. The van der Waals surface area contributed by atoms with Crippen molar-refractivity contribution in [3.05, 3.63) is 70.5 Å². The maximum Gasteiger partial charge on any atom is 0.254 e. The number of rotatable bonds is 4. The fourth-order valence-electron chi connectivity index (χ4n) is 1.85. The molecule has 0 fully saturated rings. The van der Waals surface area contributed by atoms with E-state index in [0.29, 0.717) is 12.1 Å². The average molecular weight is 336 g/mol. The molecule has 1 amide bonds. The summed E-state index contributed by atoms with van der Waals surface area (Å²) in [6.07, 6.45) is 0. The van der Waals surface area contributed by atoms with Crippen LogP contribution in [0.15, 0.2) is 42.5 Å². The van der Waals surface area contributed by atoms with E-state index in [1.54, 1.807) is 19.1 Å². The molecule has 0 radical (unpaired) electrons. The summed E-state index contributed by atoms with van der Waals surface area (Å²) in [5.41, 5.74) is 2.71. The largest absolute Gasteiger partial charge is 0.348 e. The normalized spacial score (nSPS) is 10.3. The minimum Gasteiger partial charge on any atom is -0.348 e. The van der Waals surface area contributed by atoms with Crippen LogP contribution in [0.2, 0.25) is 0 Å². The van der Waals surface area contributed by atoms with E-state index < -0.39 is 11.7 Å². The third kappa shape index (κ3) is 3.45. The molecule has 2 aromatic carbocycles. The van der Waals surface area contributed by atoms with Crippen LogP contribution in [-0.2, 0) is 11.9 Å². The number of nitrogens with one attached hydrogen (secondary N) is 1. The number of alkyl halides is 1. The van der Waals surface area contributed by atoms with Crippen LogP contribution in [0.25, 0.3) is 0 Å². The molecule has 0 aliphatic heterocycles. The third-order valence-corrected chi connectivity index (χ3v) is 3.71. The van der Waals surface area contributed by atoms with Crippen LogP contribution >= 0.6 is 15.9 Å². The van der Waals surface area contributed by atoms with Gasteiger partial charge in [-0.05, 0) is 29.7 Å². The molecule has 2 rings (SSSR count). The first-order valence-corrected chi connectivity index (χ1v) is 7.41. The molecule has 0 unspecified atom stereocenters. The number of hydrogen-bond acceptors (Lipinski definition) is 1. The Hall–Kier alpha value is -1.68. The molecule has 104 valence electrons. The molecule has 0 spiro atoms. The molecule has 2 aromatic rings. The Bertz CT molecular complexity index is 610. The van der Waals surface area contributed by atoms with Crippen LogP contribution in [0, 0.1) is 12.7 Å². The van der Waals surface area contributed by atoms with Crippen molar-refractivity contribution < 1.29 is 9.18 Å². The predicted molar refractivity (Wildman–Crippen MR) is 81.4 cm³/mol. The van der Waals surface area contributed by atoms with Crippen molar-refractivity contribution in [1.82, 2.24) is 5.32 Å². The molecule has 0 saturated heterocycles. The van der Waals surface area contributed by atoms with Gasteiger partial charge in [-0.25, -0.2) is 4.39 Å². The number of hydrogen-bond donors (Lipinski definition) is 1. The zero-order valence-corrected chi connectivity index (χ0v) is 12.7. The summed E-state index contributed by atoms with van der Waals surface area (Å²) in [5, 5.41) is 3.53. The highest BCUT2D eigenvalue weighted by atomic mass is 79.9. The lowest BCUT2D eigenvalue weighted by Gasteiger charge is -2.08. The van der Waals surface area contributed by atoms with E-state index in [4.69, 9.17) is 0 Å². The van der Waals surface area contributed by atoms with E-state index in [1.807, 2.05) is 24.3 Å². The van der Waals surface area contributed by atoms with Crippen LogP contribution in [0.1, 0.15) is 27.0 Å². The molecule has 0 heterocycles. The molecule has 0 atom stereocenters. The summed E-state index contributed by atoms with van der Waals surface area (Å²) in [4.78, 5) is 12.0. The zero-order valence-electron chi connectivity index (χ0n) is 11.1. The van der Waals surface area contributed by atoms with Crippen molar-refractivity contribution in [3.63, 3.8) is 0 Å². The van der Waals surface area contributed by atoms with Crippen molar-refractivity contribution in [1.29, 1.82) is 0 Å². The Morgan fingerprint density at radius 2 is 1.80 bits per heavy atom. The number of aryl methyl sites for hydroxylation is 1. The van der Waals surface area contributed by atoms with Crippen LogP contribution in [0.5, 0.6) is 0 Å². The van der Waals surface area contributed by atoms with E-state index in [9.17, 15) is 9.18 Å². The van der Waals surface area contributed by atoms with Crippen LogP contribution in [0.4, 0.5) is 4.39 Å². The maximum absolute atomic E-state index is 13.8. The number of amides is 1. The molecule has 20 heavy (non-hydrogen) atoms. The number of carbonyl (C=O) groups excluding carboxylic acids is 1. The summed E-state index contributed by atoms with van der Waals surface area (Å²) in [7, 11) is 0. The van der Waals surface area contributed by atoms with Crippen LogP contribution < -0.4 is 5.32 Å². The first-order valence-electron chi connectivity index (χ1n) is 6.29. The van der Waals surface area contributed by atoms with Gasteiger partial charge < -0.3 is 5.32 Å². The summed E-state index contributed by atoms with van der Waals surface area (Å²) in [5.74, 6) is -0.851. The monoisotopic (exact) mass is 335 g/mol. The Kier molecular flexibility index (Phi) is 4.90. The summed E-state index contributed by atoms with van der Waals surface area (Å²) < 4.78 is 13.8. The second-order valence-corrected chi connectivity index (χ2v) is 5.13. The second kappa shape index (κ2) is 6.66. The highest BCUT2D eigenvalue weighted by Crippen LogP contribution is 2.12. The lowest BCUT2D eigenvalue weighted by atomic mass is 10.1. The highest BCUT2D eigenvalue weighted by Gasteiger charge is 2.12. The van der Waals surface area contributed by atoms with E-state index in [0.717, 1.165) is 10.9 Å². The second-order valence-electron chi connectivity index (χ2n) is 4.57. The fraction of sp³-hybridized carbons (Fsp3) is 0.188. The molecule has 0 saturated carbocycles. The molecular formula is C16H15BrFNO. The number of carbonyl (C=O) groups is 1. The third-order valence-electron chi connectivity index (χ3n) is 3.07. The van der Waals surface area contributed by atoms with Crippen molar-refractivity contribution >= 4 is 21.8 Å². The van der Waals surface area contributed by atoms with Gasteiger partial charge in [0.2, 0.25) is 0 Å². The van der Waals surface area contributed by atoms with Gasteiger partial charge in [0.25, 0.3) is 5.91 Å². The quantitative estimate of drug-likeness (QED) is 0.842. The lowest BCUT2D eigenvalue weighted by molar-refractivity contribution is 0.0946. The van der Waals surface area contributed by atoms with Crippen molar-refractivity contribution in [3.8, 4) is 0 Å². The molecule has 2 nitrogen and oxygen atoms in total. The van der Waals surface area contributed by atoms with Gasteiger partial charge >= 0.3 is 0 Å². The molecular weight excluding hydrogens is 321 g/mol. The van der Waals surface area contributed by atoms with Crippen molar-refractivity contribution in [2.75, 3.05) is 0 Å². The van der Waals surface area contributed by atoms with Crippen LogP contribution in [-0.4, -0.2) is 5.91 Å². The van der Waals surface area contributed by atoms with E-state index in [-0.39, 0.29) is 5.56 Å². The van der Waals surface area contributed by atoms with Gasteiger partial charge in [0.05, 0.1) is 5.56 Å². The van der Waals surface area contributed by atoms with Gasteiger partial charge in [-0.1, -0.05) is 52.3 Å². The summed E-state index contributed by atoms with van der Waals surface area (Å²) in [6, 6.07) is 12.7. The Morgan fingerprint density at radius 1 is 1.15 bits per heavy atom. The van der Waals surface area contributed by atoms with Gasteiger partial charge in [0, 0.05) is 11.9 Å². The Morgan fingerprint density at radius 3 is 2.45 bits per heavy atom. The van der Waals surface area contributed by atoms with Gasteiger partial charge in [-0.2, -0.15) is 0 Å².